The fraction of sp³-hybridized carbons (Fsp3) is 0.0769. The number of H-pyrrole nitrogens is 4. The van der Waals surface area contributed by atoms with Gasteiger partial charge in [0.15, 0.2) is 0 Å². The number of carboxylic acids is 4. The number of hydrogen-bond donors (Lipinski definition) is 4. The number of carboxylic acid groups (broad SMARTS) is 4. The number of pyridine rings is 4. The van der Waals surface area contributed by atoms with Crippen molar-refractivity contribution in [1.29, 1.82) is 0 Å². The first-order valence-corrected chi connectivity index (χ1v) is 17.6. The van der Waals surface area contributed by atoms with E-state index in [-0.39, 0.29) is 27.7 Å². The van der Waals surface area contributed by atoms with Gasteiger partial charge in [-0.3, -0.25) is 22.9 Å². The van der Waals surface area contributed by atoms with Crippen LogP contribution in [0.4, 0.5) is 73.6 Å². The Kier molecular flexibility index (Phi) is 31.9. The Morgan fingerprint density at radius 2 is 0.542 bits per heavy atom. The zero-order valence-corrected chi connectivity index (χ0v) is 32.0. The molecular formula is C26H38CoF12N8O10P2+2. The third-order valence-corrected chi connectivity index (χ3v) is 3.51. The van der Waals surface area contributed by atoms with E-state index < -0.39 is 52.3 Å². The first-order chi connectivity index (χ1) is 24.7. The van der Waals surface area contributed by atoms with Gasteiger partial charge in [0.1, 0.15) is 0 Å². The molecule has 0 saturated heterocycles. The Morgan fingerprint density at radius 1 is 0.407 bits per heavy atom. The van der Waals surface area contributed by atoms with Gasteiger partial charge in [0.25, 0.3) is 23.3 Å². The molecule has 4 aromatic heterocycles. The molecule has 0 amide bonds. The van der Waals surface area contributed by atoms with Crippen LogP contribution in [0.2, 0.25) is 0 Å². The summed E-state index contributed by atoms with van der Waals surface area (Å²) in [4.78, 5) is 48.3. The summed E-state index contributed by atoms with van der Waals surface area (Å²) in [6, 6.07) is 22.3. The van der Waals surface area contributed by atoms with Crippen LogP contribution < -0.4 is 63.3 Å². The molecule has 4 aromatic rings. The molecule has 59 heavy (non-hydrogen) atoms. The first-order valence-electron chi connectivity index (χ1n) is 13.5. The fourth-order valence-electron chi connectivity index (χ4n) is 1.86. The summed E-state index contributed by atoms with van der Waals surface area (Å²) >= 11 is 0. The third kappa shape index (κ3) is 112. The Hall–Kier alpha value is -5.87. The smallest absolute Gasteiger partial charge is 0.550 e. The normalized spacial score (nSPS) is 11.5. The minimum absolute atomic E-state index is 0. The molecule has 0 fully saturated rings. The minimum atomic E-state index is -10.7. The van der Waals surface area contributed by atoms with Crippen molar-refractivity contribution in [3.8, 4) is 0 Å². The predicted molar refractivity (Wildman–Crippen MR) is 176 cm³/mol. The minimum Gasteiger partial charge on any atom is -0.550 e. The van der Waals surface area contributed by atoms with Crippen molar-refractivity contribution in [2.24, 2.45) is 0 Å². The molecule has 0 aliphatic carbocycles. The number of aliphatic carboxylic acids is 4. The molecule has 0 aliphatic rings. The van der Waals surface area contributed by atoms with E-state index in [0.29, 0.717) is 23.3 Å². The number of carbonyl (C=O) groups excluding carboxylic acids is 4. The number of hydrogen-bond acceptors (Lipinski definition) is 12. The number of halogens is 12. The van der Waals surface area contributed by atoms with E-state index in [1.165, 1.54) is 0 Å². The number of aromatic nitrogens is 4. The molecule has 18 N–H and O–H groups in total. The molecule has 1 radical (unpaired) electrons. The molecule has 0 bridgehead atoms. The summed E-state index contributed by atoms with van der Waals surface area (Å²) in [6.07, 6.45) is 5.09. The number of rotatable bonds is 4. The molecule has 4 rings (SSSR count). The quantitative estimate of drug-likeness (QED) is 0.0829. The van der Waals surface area contributed by atoms with Gasteiger partial charge in [0, 0.05) is 61.0 Å². The van der Waals surface area contributed by atoms with Crippen molar-refractivity contribution in [1.82, 2.24) is 0 Å². The van der Waals surface area contributed by atoms with Gasteiger partial charge in [0.2, 0.25) is 0 Å². The van der Waals surface area contributed by atoms with Crippen LogP contribution in [0, 0.1) is 0 Å². The van der Waals surface area contributed by atoms with Crippen LogP contribution in [0.25, 0.3) is 0 Å². The van der Waals surface area contributed by atoms with E-state index in [2.05, 4.69) is 19.9 Å². The summed E-state index contributed by atoms with van der Waals surface area (Å²) in [5, 5.41) is 37.1. The van der Waals surface area contributed by atoms with Crippen molar-refractivity contribution in [2.45, 2.75) is 12.8 Å². The van der Waals surface area contributed by atoms with Gasteiger partial charge in [0.05, 0.1) is 24.8 Å². The standard InChI is InChI=1S/4C5H6N2.2C3H4O4.Co.2F6P.2H2O/c4*6-5-3-1-2-4-7-5;2*4-2(5)1-3(6)7;;2*1-7(2,3,4,5)6;;/h4*1-4H,(H2,6,7);2*1H2,(H,4,5)(H,6,7);;;;2*1H2/q;;;;;;+2;2*-1;;/p+2. The molecular weight excluding hydrogens is 933 g/mol. The Bertz CT molecular complexity index is 1490. The number of nitrogens with one attached hydrogen (secondary N) is 4. The second-order valence-electron chi connectivity index (χ2n) is 9.03. The number of nitrogens with two attached hydrogens (primary N) is 4. The molecule has 18 nitrogen and oxygen atoms in total. The predicted octanol–water partition coefficient (Wildman–Crippen LogP) is -0.997. The van der Waals surface area contributed by atoms with E-state index in [9.17, 15) is 90.0 Å². The van der Waals surface area contributed by atoms with E-state index in [1.54, 1.807) is 49.1 Å². The average Bonchev–Trinajstić information content (AvgIpc) is 2.96. The topological polar surface area (TPSA) is 387 Å². The first kappa shape index (κ1) is 67.8. The molecule has 0 saturated carbocycles. The van der Waals surface area contributed by atoms with Gasteiger partial charge in [-0.15, -0.1) is 0 Å². The Labute approximate surface area is 333 Å². The fourth-order valence-corrected chi connectivity index (χ4v) is 1.86. The van der Waals surface area contributed by atoms with Crippen LogP contribution >= 0.6 is 15.6 Å². The van der Waals surface area contributed by atoms with Crippen LogP contribution in [-0.2, 0) is 46.9 Å². The molecule has 0 unspecified atom stereocenters. The van der Waals surface area contributed by atoms with E-state index >= 15 is 0 Å². The van der Waals surface area contributed by atoms with Gasteiger partial charge in [-0.2, -0.15) is 0 Å². The van der Waals surface area contributed by atoms with E-state index in [4.69, 9.17) is 22.9 Å². The molecule has 0 aromatic carbocycles. The molecule has 33 heteroatoms. The summed E-state index contributed by atoms with van der Waals surface area (Å²) in [5.41, 5.74) is 21.2. The van der Waals surface area contributed by atoms with Gasteiger partial charge >= 0.3 is 82.8 Å². The molecule has 0 aliphatic heterocycles. The van der Waals surface area contributed by atoms with Gasteiger partial charge < -0.3 is 50.6 Å². The van der Waals surface area contributed by atoms with Gasteiger partial charge in [-0.1, -0.05) is 24.3 Å². The zero-order chi connectivity index (χ0) is 45.0. The maximum atomic E-state index is 9.87. The van der Waals surface area contributed by atoms with E-state index in [1.807, 2.05) is 48.5 Å². The van der Waals surface area contributed by atoms with Gasteiger partial charge in [-0.25, -0.2) is 19.9 Å². The second kappa shape index (κ2) is 27.7. The van der Waals surface area contributed by atoms with Crippen LogP contribution in [0.15, 0.2) is 97.6 Å². The number of nitrogen functional groups attached to an aromatic ring is 4. The van der Waals surface area contributed by atoms with Gasteiger partial charge in [-0.05, 0) is 24.3 Å². The van der Waals surface area contributed by atoms with Crippen LogP contribution in [0.1, 0.15) is 12.8 Å². The van der Waals surface area contributed by atoms with Crippen LogP contribution in [0.3, 0.4) is 0 Å². The molecule has 0 spiro atoms. The SMILES string of the molecule is F[P-](F)(F)(F)(F)F.F[P-](F)(F)(F)(F)F.Nc1cccc[nH+]1.Nc1cccc[nH+]1.Nc1cccc[nH+]1.Nc1cccc[nH+]1.O=C([O-])CC(=O)[O-].O=C([O-])CC(=O)[O-].[Co+2].[OH3+].[OH3+]. The molecule has 343 valence electrons. The number of anilines is 4. The van der Waals surface area contributed by atoms with Crippen molar-refractivity contribution in [2.75, 3.05) is 22.9 Å². The maximum Gasteiger partial charge on any atom is 2.00 e. The van der Waals surface area contributed by atoms with Crippen LogP contribution in [-0.4, -0.2) is 23.9 Å². The maximum absolute atomic E-state index is 10.7. The summed E-state index contributed by atoms with van der Waals surface area (Å²) in [7, 11) is -21.3. The Balaban J connectivity index is -0.000000104. The molecule has 0 atom stereocenters. The average molecular weight is 971 g/mol. The van der Waals surface area contributed by atoms with Crippen LogP contribution in [0.5, 0.6) is 0 Å². The summed E-state index contributed by atoms with van der Waals surface area (Å²) in [6.45, 7) is 0. The van der Waals surface area contributed by atoms with E-state index in [0.717, 1.165) is 0 Å². The van der Waals surface area contributed by atoms with Crippen molar-refractivity contribution in [3.63, 3.8) is 0 Å². The third-order valence-electron chi connectivity index (χ3n) is 3.51. The zero-order valence-electron chi connectivity index (χ0n) is 29.1. The monoisotopic (exact) mass is 971 g/mol. The Morgan fingerprint density at radius 3 is 0.576 bits per heavy atom. The van der Waals surface area contributed by atoms with Crippen molar-refractivity contribution in [3.05, 3.63) is 97.6 Å². The van der Waals surface area contributed by atoms with Crippen molar-refractivity contribution >= 4 is 62.8 Å². The molecule has 4 heterocycles. The number of aromatic amines is 4. The number of carbonyl (C=O) groups is 4. The second-order valence-corrected chi connectivity index (χ2v) is 12.9. The summed E-state index contributed by atoms with van der Waals surface area (Å²) in [5.74, 6) is -3.71. The summed E-state index contributed by atoms with van der Waals surface area (Å²) < 4.78 is 118. The largest absolute Gasteiger partial charge is 2.00 e. The van der Waals surface area contributed by atoms with Crippen molar-refractivity contribution < 1.29 is 138 Å².